The largest absolute Gasteiger partial charge is 0.396 e. The highest BCUT2D eigenvalue weighted by atomic mass is 32.2. The first-order valence-corrected chi connectivity index (χ1v) is 7.62. The summed E-state index contributed by atoms with van der Waals surface area (Å²) in [5, 5.41) is 9.26. The maximum atomic E-state index is 9.26. The Morgan fingerprint density at radius 3 is 2.33 bits per heavy atom. The highest BCUT2D eigenvalue weighted by Gasteiger charge is 2.18. The zero-order valence-corrected chi connectivity index (χ0v) is 12.8. The van der Waals surface area contributed by atoms with Gasteiger partial charge in [0, 0.05) is 30.0 Å². The van der Waals surface area contributed by atoms with Crippen molar-refractivity contribution in [2.24, 2.45) is 5.41 Å². The van der Waals surface area contributed by atoms with Crippen LogP contribution in [0.2, 0.25) is 0 Å². The van der Waals surface area contributed by atoms with Crippen molar-refractivity contribution in [2.45, 2.75) is 25.2 Å². The molecular weight excluding hydrogens is 242 g/mol. The minimum atomic E-state index is -0.0164. The summed E-state index contributed by atoms with van der Waals surface area (Å²) in [6.45, 7) is 6.38. The fraction of sp³-hybridized carbons (Fsp3) is 0.600. The van der Waals surface area contributed by atoms with Crippen LogP contribution in [0, 0.1) is 5.41 Å². The minimum Gasteiger partial charge on any atom is -0.396 e. The SMILES string of the molecule is CSc1ccc(CCN(C)CC(C)(C)CO)cc1. The molecule has 3 heteroatoms. The van der Waals surface area contributed by atoms with Gasteiger partial charge >= 0.3 is 0 Å². The van der Waals surface area contributed by atoms with Crippen molar-refractivity contribution in [3.05, 3.63) is 29.8 Å². The molecule has 2 nitrogen and oxygen atoms in total. The number of hydrogen-bond acceptors (Lipinski definition) is 3. The van der Waals surface area contributed by atoms with Crippen LogP contribution in [0.1, 0.15) is 19.4 Å². The molecule has 0 bridgehead atoms. The van der Waals surface area contributed by atoms with Crippen LogP contribution in [-0.2, 0) is 6.42 Å². The summed E-state index contributed by atoms with van der Waals surface area (Å²) in [7, 11) is 2.12. The van der Waals surface area contributed by atoms with Crippen molar-refractivity contribution in [1.82, 2.24) is 4.90 Å². The summed E-state index contributed by atoms with van der Waals surface area (Å²) < 4.78 is 0. The monoisotopic (exact) mass is 267 g/mol. The topological polar surface area (TPSA) is 23.5 Å². The Labute approximate surface area is 115 Å². The Balaban J connectivity index is 2.39. The van der Waals surface area contributed by atoms with Gasteiger partial charge in [0.1, 0.15) is 0 Å². The van der Waals surface area contributed by atoms with Gasteiger partial charge < -0.3 is 10.0 Å². The maximum Gasteiger partial charge on any atom is 0.0494 e. The van der Waals surface area contributed by atoms with E-state index in [1.165, 1.54) is 10.5 Å². The van der Waals surface area contributed by atoms with Crippen LogP contribution in [0.4, 0.5) is 0 Å². The van der Waals surface area contributed by atoms with E-state index < -0.39 is 0 Å². The first-order valence-electron chi connectivity index (χ1n) is 6.39. The van der Waals surface area contributed by atoms with Crippen molar-refractivity contribution < 1.29 is 5.11 Å². The van der Waals surface area contributed by atoms with Gasteiger partial charge in [-0.3, -0.25) is 0 Å². The molecule has 1 aromatic carbocycles. The van der Waals surface area contributed by atoms with Gasteiger partial charge in [-0.1, -0.05) is 26.0 Å². The molecule has 0 aromatic heterocycles. The van der Waals surface area contributed by atoms with Crippen LogP contribution in [0.25, 0.3) is 0 Å². The molecular formula is C15H25NOS. The van der Waals surface area contributed by atoms with Gasteiger partial charge in [0.05, 0.1) is 0 Å². The average molecular weight is 267 g/mol. The van der Waals surface area contributed by atoms with Gasteiger partial charge in [-0.15, -0.1) is 11.8 Å². The van der Waals surface area contributed by atoms with E-state index >= 15 is 0 Å². The zero-order valence-electron chi connectivity index (χ0n) is 11.9. The van der Waals surface area contributed by atoms with E-state index in [1.54, 1.807) is 11.8 Å². The zero-order chi connectivity index (χ0) is 13.6. The van der Waals surface area contributed by atoms with Crippen LogP contribution in [0.3, 0.4) is 0 Å². The molecule has 1 rings (SSSR count). The maximum absolute atomic E-state index is 9.26. The average Bonchev–Trinajstić information content (AvgIpc) is 2.36. The molecule has 0 saturated carbocycles. The van der Waals surface area contributed by atoms with E-state index in [2.05, 4.69) is 56.3 Å². The van der Waals surface area contributed by atoms with Crippen LogP contribution in [0.15, 0.2) is 29.2 Å². The molecule has 0 amide bonds. The number of benzene rings is 1. The summed E-state index contributed by atoms with van der Waals surface area (Å²) in [5.74, 6) is 0. The van der Waals surface area contributed by atoms with Crippen LogP contribution >= 0.6 is 11.8 Å². The van der Waals surface area contributed by atoms with E-state index in [9.17, 15) is 5.11 Å². The van der Waals surface area contributed by atoms with Gasteiger partial charge in [-0.25, -0.2) is 0 Å². The molecule has 102 valence electrons. The Hall–Kier alpha value is -0.510. The Morgan fingerprint density at radius 2 is 1.83 bits per heavy atom. The molecule has 0 fully saturated rings. The van der Waals surface area contributed by atoms with Crippen molar-refractivity contribution in [3.8, 4) is 0 Å². The van der Waals surface area contributed by atoms with Gasteiger partial charge in [0.2, 0.25) is 0 Å². The fourth-order valence-electron chi connectivity index (χ4n) is 1.97. The lowest BCUT2D eigenvalue weighted by molar-refractivity contribution is 0.116. The quantitative estimate of drug-likeness (QED) is 0.768. The molecule has 0 unspecified atom stereocenters. The summed E-state index contributed by atoms with van der Waals surface area (Å²) >= 11 is 1.77. The lowest BCUT2D eigenvalue weighted by Gasteiger charge is -2.28. The van der Waals surface area contributed by atoms with Crippen LogP contribution in [0.5, 0.6) is 0 Å². The lowest BCUT2D eigenvalue weighted by atomic mass is 9.94. The summed E-state index contributed by atoms with van der Waals surface area (Å²) in [6.07, 6.45) is 3.16. The Morgan fingerprint density at radius 1 is 1.22 bits per heavy atom. The molecule has 1 aromatic rings. The van der Waals surface area contributed by atoms with Gasteiger partial charge in [-0.2, -0.15) is 0 Å². The van der Waals surface area contributed by atoms with Gasteiger partial charge in [-0.05, 0) is 37.4 Å². The minimum absolute atomic E-state index is 0.0164. The predicted molar refractivity (Wildman–Crippen MR) is 80.3 cm³/mol. The van der Waals surface area contributed by atoms with Crippen molar-refractivity contribution in [3.63, 3.8) is 0 Å². The molecule has 0 aliphatic rings. The Kier molecular flexibility index (Phi) is 6.19. The van der Waals surface area contributed by atoms with Gasteiger partial charge in [0.25, 0.3) is 0 Å². The smallest absolute Gasteiger partial charge is 0.0494 e. The summed E-state index contributed by atoms with van der Waals surface area (Å²) in [5.41, 5.74) is 1.36. The molecule has 1 N–H and O–H groups in total. The number of thioether (sulfide) groups is 1. The van der Waals surface area contributed by atoms with E-state index in [4.69, 9.17) is 0 Å². The highest BCUT2D eigenvalue weighted by Crippen LogP contribution is 2.17. The first-order chi connectivity index (χ1) is 8.46. The molecule has 0 aliphatic carbocycles. The van der Waals surface area contributed by atoms with Crippen molar-refractivity contribution >= 4 is 11.8 Å². The second-order valence-corrected chi connectivity index (χ2v) is 6.54. The summed E-state index contributed by atoms with van der Waals surface area (Å²) in [6, 6.07) is 8.77. The fourth-order valence-corrected chi connectivity index (χ4v) is 2.38. The third kappa shape index (κ3) is 5.42. The first kappa shape index (κ1) is 15.5. The lowest BCUT2D eigenvalue weighted by Crippen LogP contribution is -2.35. The molecule has 0 atom stereocenters. The molecule has 0 saturated heterocycles. The second-order valence-electron chi connectivity index (χ2n) is 5.66. The molecule has 0 radical (unpaired) electrons. The number of nitrogens with zero attached hydrogens (tertiary/aromatic N) is 1. The Bertz CT molecular complexity index is 348. The van der Waals surface area contributed by atoms with E-state index in [0.717, 1.165) is 19.5 Å². The number of hydrogen-bond donors (Lipinski definition) is 1. The number of aliphatic hydroxyl groups excluding tert-OH is 1. The van der Waals surface area contributed by atoms with Crippen LogP contribution < -0.4 is 0 Å². The van der Waals surface area contributed by atoms with E-state index in [0.29, 0.717) is 0 Å². The third-order valence-electron chi connectivity index (χ3n) is 3.07. The molecule has 0 aliphatic heterocycles. The second kappa shape index (κ2) is 7.17. The van der Waals surface area contributed by atoms with E-state index in [1.807, 2.05) is 0 Å². The molecule has 0 heterocycles. The third-order valence-corrected chi connectivity index (χ3v) is 3.81. The number of rotatable bonds is 7. The number of likely N-dealkylation sites (N-methyl/N-ethyl adjacent to an activating group) is 1. The molecule has 18 heavy (non-hydrogen) atoms. The van der Waals surface area contributed by atoms with E-state index in [-0.39, 0.29) is 12.0 Å². The highest BCUT2D eigenvalue weighted by molar-refractivity contribution is 7.98. The predicted octanol–water partition coefficient (Wildman–Crippen LogP) is 2.90. The number of aliphatic hydroxyl groups is 1. The normalized spacial score (nSPS) is 12.1. The van der Waals surface area contributed by atoms with Crippen LogP contribution in [-0.4, -0.2) is 43.0 Å². The van der Waals surface area contributed by atoms with Crippen molar-refractivity contribution in [1.29, 1.82) is 0 Å². The molecule has 0 spiro atoms. The summed E-state index contributed by atoms with van der Waals surface area (Å²) in [4.78, 5) is 3.60. The van der Waals surface area contributed by atoms with Gasteiger partial charge in [0.15, 0.2) is 0 Å². The standard InChI is InChI=1S/C15H25NOS/c1-15(2,12-17)11-16(3)10-9-13-5-7-14(18-4)8-6-13/h5-8,17H,9-12H2,1-4H3. The van der Waals surface area contributed by atoms with Crippen molar-refractivity contribution in [2.75, 3.05) is 33.0 Å².